The second-order valence-electron chi connectivity index (χ2n) is 8.09. The van der Waals surface area contributed by atoms with Crippen LogP contribution in [0, 0.1) is 18.7 Å². The number of carbonyl (C=O) groups excluding carboxylic acids is 1. The second kappa shape index (κ2) is 9.05. The van der Waals surface area contributed by atoms with Crippen molar-refractivity contribution in [1.82, 2.24) is 5.16 Å². The molecular formula is C24H24ClFN2O2S. The van der Waals surface area contributed by atoms with Crippen molar-refractivity contribution < 1.29 is 13.7 Å². The first-order valence-electron chi connectivity index (χ1n) is 10.3. The molecule has 3 aromatic rings. The number of rotatable bonds is 6. The van der Waals surface area contributed by atoms with Crippen LogP contribution in [-0.4, -0.2) is 16.8 Å². The van der Waals surface area contributed by atoms with Gasteiger partial charge in [-0.2, -0.15) is 0 Å². The van der Waals surface area contributed by atoms with Crippen molar-refractivity contribution in [2.24, 2.45) is 11.7 Å². The molecule has 2 unspecified atom stereocenters. The van der Waals surface area contributed by atoms with E-state index >= 15 is 0 Å². The van der Waals surface area contributed by atoms with Gasteiger partial charge >= 0.3 is 0 Å². The largest absolute Gasteiger partial charge is 0.369 e. The number of aryl methyl sites for hydroxylation is 1. The molecule has 2 N–H and O–H groups in total. The Kier molecular flexibility index (Phi) is 6.39. The molecule has 1 saturated carbocycles. The minimum Gasteiger partial charge on any atom is -0.369 e. The molecule has 0 spiro atoms. The molecule has 2 atom stereocenters. The van der Waals surface area contributed by atoms with Gasteiger partial charge in [-0.1, -0.05) is 47.4 Å². The monoisotopic (exact) mass is 458 g/mol. The number of hydrogen-bond acceptors (Lipinski definition) is 4. The average Bonchev–Trinajstić information content (AvgIpc) is 3.14. The maximum absolute atomic E-state index is 14.7. The smallest absolute Gasteiger partial charge is 0.228 e. The third-order valence-corrected chi connectivity index (χ3v) is 7.65. The SMILES string of the molecule is Cc1onc(-c2c(F)cccc2Cl)c1C1(C(N)=O)CCCC(CSc2ccccc2)C1. The van der Waals surface area contributed by atoms with Crippen LogP contribution in [0.1, 0.15) is 37.0 Å². The zero-order chi connectivity index (χ0) is 22.0. The Bertz CT molecular complexity index is 1070. The summed E-state index contributed by atoms with van der Waals surface area (Å²) in [6.07, 6.45) is 3.01. The van der Waals surface area contributed by atoms with Crippen molar-refractivity contribution in [3.8, 4) is 11.3 Å². The van der Waals surface area contributed by atoms with E-state index in [4.69, 9.17) is 21.9 Å². The maximum atomic E-state index is 14.7. The summed E-state index contributed by atoms with van der Waals surface area (Å²) in [6.45, 7) is 1.74. The molecule has 4 rings (SSSR count). The van der Waals surface area contributed by atoms with Gasteiger partial charge in [0, 0.05) is 16.2 Å². The molecule has 31 heavy (non-hydrogen) atoms. The van der Waals surface area contributed by atoms with E-state index in [1.54, 1.807) is 24.8 Å². The number of halogens is 2. The predicted molar refractivity (Wildman–Crippen MR) is 122 cm³/mol. The molecule has 4 nitrogen and oxygen atoms in total. The summed E-state index contributed by atoms with van der Waals surface area (Å²) in [5.41, 5.74) is 6.04. The van der Waals surface area contributed by atoms with Gasteiger partial charge in [-0.05, 0) is 56.4 Å². The lowest BCUT2D eigenvalue weighted by atomic mass is 9.64. The van der Waals surface area contributed by atoms with Crippen molar-refractivity contribution >= 4 is 29.3 Å². The van der Waals surface area contributed by atoms with Gasteiger partial charge in [0.05, 0.1) is 16.0 Å². The summed E-state index contributed by atoms with van der Waals surface area (Å²) in [6, 6.07) is 14.6. The summed E-state index contributed by atoms with van der Waals surface area (Å²) in [7, 11) is 0. The number of aromatic nitrogens is 1. The fourth-order valence-electron chi connectivity index (χ4n) is 4.67. The van der Waals surface area contributed by atoms with E-state index in [1.807, 2.05) is 18.2 Å². The lowest BCUT2D eigenvalue weighted by molar-refractivity contribution is -0.125. The van der Waals surface area contributed by atoms with Gasteiger partial charge in [-0.25, -0.2) is 4.39 Å². The van der Waals surface area contributed by atoms with E-state index in [0.29, 0.717) is 24.2 Å². The molecule has 1 heterocycles. The van der Waals surface area contributed by atoms with Crippen LogP contribution in [-0.2, 0) is 10.2 Å². The van der Waals surface area contributed by atoms with Gasteiger partial charge in [0.25, 0.3) is 0 Å². The third-order valence-electron chi connectivity index (χ3n) is 6.09. The fraction of sp³-hybridized carbons (Fsp3) is 0.333. The molecule has 1 aromatic heterocycles. The average molecular weight is 459 g/mol. The first kappa shape index (κ1) is 21.9. The van der Waals surface area contributed by atoms with Crippen LogP contribution in [0.5, 0.6) is 0 Å². The predicted octanol–water partition coefficient (Wildman–Crippen LogP) is 6.15. The number of nitrogens with zero attached hydrogens (tertiary/aromatic N) is 1. The van der Waals surface area contributed by atoms with Crippen LogP contribution in [0.15, 0.2) is 57.9 Å². The van der Waals surface area contributed by atoms with E-state index in [1.165, 1.54) is 17.0 Å². The molecule has 1 aliphatic carbocycles. The van der Waals surface area contributed by atoms with Crippen LogP contribution in [0.4, 0.5) is 4.39 Å². The number of hydrogen-bond donors (Lipinski definition) is 1. The van der Waals surface area contributed by atoms with Crippen LogP contribution >= 0.6 is 23.4 Å². The second-order valence-corrected chi connectivity index (χ2v) is 9.59. The van der Waals surface area contributed by atoms with E-state index in [-0.39, 0.29) is 22.2 Å². The van der Waals surface area contributed by atoms with E-state index in [0.717, 1.165) is 18.6 Å². The highest BCUT2D eigenvalue weighted by Crippen LogP contribution is 2.48. The Morgan fingerprint density at radius 2 is 2.06 bits per heavy atom. The van der Waals surface area contributed by atoms with Gasteiger partial charge in [0.2, 0.25) is 5.91 Å². The number of thioether (sulfide) groups is 1. The number of primary amides is 1. The number of amides is 1. The van der Waals surface area contributed by atoms with E-state index < -0.39 is 17.1 Å². The van der Waals surface area contributed by atoms with Crippen LogP contribution in [0.2, 0.25) is 5.02 Å². The van der Waals surface area contributed by atoms with Crippen molar-refractivity contribution in [3.05, 3.63) is 70.7 Å². The van der Waals surface area contributed by atoms with Crippen LogP contribution in [0.25, 0.3) is 11.3 Å². The summed E-state index contributed by atoms with van der Waals surface area (Å²) >= 11 is 8.09. The molecule has 0 bridgehead atoms. The highest BCUT2D eigenvalue weighted by Gasteiger charge is 2.47. The Balaban J connectivity index is 1.71. The highest BCUT2D eigenvalue weighted by atomic mass is 35.5. The van der Waals surface area contributed by atoms with Gasteiger partial charge in [-0.3, -0.25) is 4.79 Å². The van der Waals surface area contributed by atoms with Crippen LogP contribution < -0.4 is 5.73 Å². The quantitative estimate of drug-likeness (QED) is 0.450. The van der Waals surface area contributed by atoms with Crippen LogP contribution in [0.3, 0.4) is 0 Å². The lowest BCUT2D eigenvalue weighted by Crippen LogP contribution is -2.46. The lowest BCUT2D eigenvalue weighted by Gasteiger charge is -2.38. The minimum absolute atomic E-state index is 0.150. The van der Waals surface area contributed by atoms with Crippen molar-refractivity contribution in [3.63, 3.8) is 0 Å². The number of carbonyl (C=O) groups is 1. The first-order chi connectivity index (χ1) is 14.9. The topological polar surface area (TPSA) is 69.1 Å². The summed E-state index contributed by atoms with van der Waals surface area (Å²) in [4.78, 5) is 14.1. The number of nitrogens with two attached hydrogens (primary N) is 1. The van der Waals surface area contributed by atoms with Crippen molar-refractivity contribution in [2.75, 3.05) is 5.75 Å². The van der Waals surface area contributed by atoms with E-state index in [9.17, 15) is 9.18 Å². The molecule has 162 valence electrons. The van der Waals surface area contributed by atoms with Crippen molar-refractivity contribution in [1.29, 1.82) is 0 Å². The molecule has 0 saturated heterocycles. The van der Waals surface area contributed by atoms with Gasteiger partial charge in [0.15, 0.2) is 0 Å². The molecule has 1 aliphatic rings. The summed E-state index contributed by atoms with van der Waals surface area (Å²) in [5.74, 6) is 0.698. The highest BCUT2D eigenvalue weighted by molar-refractivity contribution is 7.99. The Morgan fingerprint density at radius 3 is 2.77 bits per heavy atom. The number of benzene rings is 2. The molecule has 1 amide bonds. The maximum Gasteiger partial charge on any atom is 0.228 e. The summed E-state index contributed by atoms with van der Waals surface area (Å²) in [5, 5.41) is 4.34. The van der Waals surface area contributed by atoms with Gasteiger partial charge < -0.3 is 10.3 Å². The standard InChI is InChI=1S/C24H24ClFN2O2S/c1-15-21(22(28-30-15)20-18(25)10-5-11-19(20)26)24(23(27)29)12-6-7-16(13-24)14-31-17-8-3-2-4-9-17/h2-5,8-11,16H,6-7,12-14H2,1H3,(H2,27,29). The first-order valence-corrected chi connectivity index (χ1v) is 11.7. The molecule has 0 radical (unpaired) electrons. The van der Waals surface area contributed by atoms with E-state index in [2.05, 4.69) is 17.3 Å². The minimum atomic E-state index is -0.967. The zero-order valence-electron chi connectivity index (χ0n) is 17.2. The Morgan fingerprint density at radius 1 is 1.29 bits per heavy atom. The van der Waals surface area contributed by atoms with Gasteiger partial charge in [0.1, 0.15) is 17.3 Å². The molecule has 2 aromatic carbocycles. The summed E-state index contributed by atoms with van der Waals surface area (Å²) < 4.78 is 20.2. The Hall–Kier alpha value is -2.31. The zero-order valence-corrected chi connectivity index (χ0v) is 18.8. The molecule has 1 fully saturated rings. The fourth-order valence-corrected chi connectivity index (χ4v) is 5.98. The molecule has 7 heteroatoms. The molecule has 0 aliphatic heterocycles. The normalized spacial score (nSPS) is 21.2. The van der Waals surface area contributed by atoms with Crippen molar-refractivity contribution in [2.45, 2.75) is 42.9 Å². The molecular weight excluding hydrogens is 435 g/mol. The third kappa shape index (κ3) is 4.23. The van der Waals surface area contributed by atoms with Gasteiger partial charge in [-0.15, -0.1) is 11.8 Å². The Labute approximate surface area is 190 Å².